The van der Waals surface area contributed by atoms with Gasteiger partial charge in [0.15, 0.2) is 5.82 Å². The smallest absolute Gasteiger partial charge is 0.303 e. The Labute approximate surface area is 254 Å². The normalized spacial score (nSPS) is 17.5. The molecule has 0 atom stereocenters. The van der Waals surface area contributed by atoms with Crippen molar-refractivity contribution < 1.29 is 28.6 Å². The summed E-state index contributed by atoms with van der Waals surface area (Å²) in [5.41, 5.74) is 3.64. The zero-order valence-electron chi connectivity index (χ0n) is 24.8. The number of piperidine rings is 1. The van der Waals surface area contributed by atoms with Crippen molar-refractivity contribution in [2.45, 2.75) is 69.6 Å². The van der Waals surface area contributed by atoms with Crippen LogP contribution in [0.5, 0.6) is 0 Å². The van der Waals surface area contributed by atoms with E-state index in [1.165, 1.54) is 11.6 Å². The second-order valence-electron chi connectivity index (χ2n) is 11.7. The first-order valence-electron chi connectivity index (χ1n) is 14.8. The van der Waals surface area contributed by atoms with Crippen LogP contribution in [-0.2, 0) is 15.0 Å². The fourth-order valence-electron chi connectivity index (χ4n) is 6.31. The number of nitrogens with one attached hydrogen (secondary N) is 1. The Morgan fingerprint density at radius 3 is 2.30 bits per heavy atom. The Kier molecular flexibility index (Phi) is 9.28. The van der Waals surface area contributed by atoms with Crippen LogP contribution >= 0.6 is 0 Å². The van der Waals surface area contributed by atoms with Crippen LogP contribution in [0.15, 0.2) is 41.7 Å². The summed E-state index contributed by atoms with van der Waals surface area (Å²) in [4.78, 5) is 39.2. The van der Waals surface area contributed by atoms with E-state index in [0.717, 1.165) is 69.1 Å². The zero-order chi connectivity index (χ0) is 31.4. The molecule has 1 aliphatic carbocycles. The number of carboxylic acids is 2. The third-order valence-corrected chi connectivity index (χ3v) is 8.79. The van der Waals surface area contributed by atoms with Crippen molar-refractivity contribution in [3.05, 3.63) is 59.4 Å². The number of likely N-dealkylation sites (tertiary alicyclic amines) is 1. The molecule has 0 amide bonds. The SMILES string of the molecule is CC1=Nc2c(F)cc(-c3nc(Nc4ccc(C5CCN(C)CC5)cn4)ncc3F)cc2C12CCCC2.O=C(O)CCC(=O)O. The molecule has 232 valence electrons. The number of hydrogen-bond acceptors (Lipinski definition) is 8. The standard InChI is InChI=1S/C28H30F2N6.C4H6O4/c1-17-28(9-3-4-10-28)21-13-20(14-22(29)26(21)33-17)25-23(30)16-32-27(35-25)34-24-6-5-19(15-31-24)18-7-11-36(2)12-8-18;5-3(6)1-2-4(7)8/h5-6,13-16,18H,3-4,7-12H2,1-2H3,(H,31,32,34,35);1-2H2,(H,5,6)(H,7,8). The van der Waals surface area contributed by atoms with Gasteiger partial charge in [0.2, 0.25) is 5.95 Å². The monoisotopic (exact) mass is 606 g/mol. The first kappa shape index (κ1) is 31.1. The highest BCUT2D eigenvalue weighted by Crippen LogP contribution is 2.52. The molecule has 10 nitrogen and oxygen atoms in total. The molecule has 1 spiro atoms. The number of carbonyl (C=O) groups is 2. The average Bonchev–Trinajstić information content (AvgIpc) is 3.60. The van der Waals surface area contributed by atoms with Crippen molar-refractivity contribution in [1.82, 2.24) is 19.9 Å². The van der Waals surface area contributed by atoms with Gasteiger partial charge in [-0.1, -0.05) is 18.9 Å². The van der Waals surface area contributed by atoms with Crippen LogP contribution in [0, 0.1) is 11.6 Å². The lowest BCUT2D eigenvalue weighted by atomic mass is 9.76. The average molecular weight is 607 g/mol. The molecule has 0 radical (unpaired) electrons. The summed E-state index contributed by atoms with van der Waals surface area (Å²) in [5, 5.41) is 18.9. The third kappa shape index (κ3) is 6.75. The van der Waals surface area contributed by atoms with Gasteiger partial charge in [0.25, 0.3) is 0 Å². The summed E-state index contributed by atoms with van der Waals surface area (Å²) in [7, 11) is 2.15. The predicted octanol–water partition coefficient (Wildman–Crippen LogP) is 6.22. The van der Waals surface area contributed by atoms with Crippen LogP contribution in [-0.4, -0.2) is 67.9 Å². The van der Waals surface area contributed by atoms with E-state index in [1.54, 1.807) is 0 Å². The molecule has 12 heteroatoms. The second-order valence-corrected chi connectivity index (χ2v) is 11.7. The van der Waals surface area contributed by atoms with Gasteiger partial charge in [-0.15, -0.1) is 0 Å². The molecule has 1 aromatic carbocycles. The quantitative estimate of drug-likeness (QED) is 0.286. The molecule has 2 fully saturated rings. The summed E-state index contributed by atoms with van der Waals surface area (Å²) in [6.07, 6.45) is 8.71. The number of rotatable bonds is 7. The summed E-state index contributed by atoms with van der Waals surface area (Å²) in [5.74, 6) is -1.87. The number of benzene rings is 1. The van der Waals surface area contributed by atoms with Gasteiger partial charge < -0.3 is 20.4 Å². The van der Waals surface area contributed by atoms with Crippen LogP contribution in [0.4, 0.5) is 26.2 Å². The molecule has 3 N–H and O–H groups in total. The molecule has 0 unspecified atom stereocenters. The highest BCUT2D eigenvalue weighted by molar-refractivity contribution is 6.01. The number of carboxylic acid groups (broad SMARTS) is 2. The van der Waals surface area contributed by atoms with E-state index >= 15 is 4.39 Å². The predicted molar refractivity (Wildman–Crippen MR) is 162 cm³/mol. The van der Waals surface area contributed by atoms with Gasteiger partial charge in [-0.2, -0.15) is 0 Å². The van der Waals surface area contributed by atoms with Crippen LogP contribution in [0.1, 0.15) is 75.3 Å². The maximum atomic E-state index is 15.1. The molecule has 0 bridgehead atoms. The number of aliphatic imine (C=N–C) groups is 1. The lowest BCUT2D eigenvalue weighted by Gasteiger charge is -2.29. The molecule has 1 saturated heterocycles. The largest absolute Gasteiger partial charge is 0.481 e. The van der Waals surface area contributed by atoms with Gasteiger partial charge in [0, 0.05) is 22.9 Å². The van der Waals surface area contributed by atoms with E-state index < -0.39 is 23.6 Å². The fraction of sp³-hybridized carbons (Fsp3) is 0.438. The lowest BCUT2D eigenvalue weighted by Crippen LogP contribution is -2.29. The molecule has 1 saturated carbocycles. The minimum atomic E-state index is -1.08. The van der Waals surface area contributed by atoms with Gasteiger partial charge in [0.1, 0.15) is 23.0 Å². The molecule has 3 aliphatic rings. The molecule has 4 heterocycles. The van der Waals surface area contributed by atoms with E-state index in [2.05, 4.69) is 43.3 Å². The van der Waals surface area contributed by atoms with Crippen LogP contribution in [0.2, 0.25) is 0 Å². The molecule has 3 aromatic rings. The summed E-state index contributed by atoms with van der Waals surface area (Å²) in [6.45, 7) is 4.16. The third-order valence-electron chi connectivity index (χ3n) is 8.79. The minimum absolute atomic E-state index is 0.0647. The number of pyridine rings is 1. The molecular weight excluding hydrogens is 570 g/mol. The van der Waals surface area contributed by atoms with Gasteiger partial charge in [-0.05, 0) is 88.0 Å². The highest BCUT2D eigenvalue weighted by Gasteiger charge is 2.44. The number of fused-ring (bicyclic) bond motifs is 2. The summed E-state index contributed by atoms with van der Waals surface area (Å²) >= 11 is 0. The Morgan fingerprint density at radius 1 is 1.00 bits per heavy atom. The van der Waals surface area contributed by atoms with Gasteiger partial charge in [0.05, 0.1) is 19.0 Å². The van der Waals surface area contributed by atoms with Crippen LogP contribution in [0.3, 0.4) is 0 Å². The Morgan fingerprint density at radius 2 is 1.68 bits per heavy atom. The molecular formula is C32H36F2N6O4. The first-order valence-corrected chi connectivity index (χ1v) is 14.8. The highest BCUT2D eigenvalue weighted by atomic mass is 19.1. The Hall–Kier alpha value is -4.32. The molecule has 44 heavy (non-hydrogen) atoms. The molecule has 6 rings (SSSR count). The topological polar surface area (TPSA) is 141 Å². The van der Waals surface area contributed by atoms with Crippen LogP contribution < -0.4 is 5.32 Å². The molecule has 2 aromatic heterocycles. The van der Waals surface area contributed by atoms with Gasteiger partial charge in [-0.25, -0.2) is 23.7 Å². The zero-order valence-corrected chi connectivity index (χ0v) is 24.8. The van der Waals surface area contributed by atoms with E-state index in [4.69, 9.17) is 10.2 Å². The van der Waals surface area contributed by atoms with Crippen molar-refractivity contribution in [1.29, 1.82) is 0 Å². The number of halogens is 2. The van der Waals surface area contributed by atoms with Gasteiger partial charge >= 0.3 is 11.9 Å². The maximum Gasteiger partial charge on any atom is 0.303 e. The van der Waals surface area contributed by atoms with Crippen molar-refractivity contribution >= 4 is 35.1 Å². The summed E-state index contributed by atoms with van der Waals surface area (Å²) in [6, 6.07) is 7.18. The van der Waals surface area contributed by atoms with Crippen molar-refractivity contribution in [2.75, 3.05) is 25.5 Å². The molecule has 2 aliphatic heterocycles. The van der Waals surface area contributed by atoms with Gasteiger partial charge in [-0.3, -0.25) is 14.6 Å². The Balaban J connectivity index is 0.000000426. The van der Waals surface area contributed by atoms with E-state index in [0.29, 0.717) is 23.0 Å². The lowest BCUT2D eigenvalue weighted by molar-refractivity contribution is -0.143. The van der Waals surface area contributed by atoms with E-state index in [9.17, 15) is 14.0 Å². The maximum absolute atomic E-state index is 15.1. The Bertz CT molecular complexity index is 1550. The van der Waals surface area contributed by atoms with Crippen molar-refractivity contribution in [3.63, 3.8) is 0 Å². The number of aliphatic carboxylic acids is 2. The second kappa shape index (κ2) is 13.1. The number of nitrogens with zero attached hydrogens (tertiary/aromatic N) is 5. The minimum Gasteiger partial charge on any atom is -0.481 e. The fourth-order valence-corrected chi connectivity index (χ4v) is 6.31. The first-order chi connectivity index (χ1) is 21.1. The van der Waals surface area contributed by atoms with Crippen molar-refractivity contribution in [3.8, 4) is 11.3 Å². The van der Waals surface area contributed by atoms with Crippen molar-refractivity contribution in [2.24, 2.45) is 4.99 Å². The number of hydrogen-bond donors (Lipinski definition) is 3. The van der Waals surface area contributed by atoms with E-state index in [1.807, 2.05) is 25.3 Å². The number of aromatic nitrogens is 3. The van der Waals surface area contributed by atoms with Crippen LogP contribution in [0.25, 0.3) is 11.3 Å². The summed E-state index contributed by atoms with van der Waals surface area (Å²) < 4.78 is 30.0. The van der Waals surface area contributed by atoms with E-state index in [-0.39, 0.29) is 29.9 Å². The number of anilines is 2.